The number of ether oxygens (including phenoxy) is 2. The first kappa shape index (κ1) is 26.1. The number of hydrogen-bond donors (Lipinski definition) is 1. The summed E-state index contributed by atoms with van der Waals surface area (Å²) >= 11 is 6.17. The van der Waals surface area contributed by atoms with Gasteiger partial charge in [-0.2, -0.15) is 0 Å². The molecule has 3 rings (SSSR count). The van der Waals surface area contributed by atoms with Gasteiger partial charge in [0.1, 0.15) is 12.3 Å². The SMILES string of the molecule is CCOC(=O)c1ccc(NC(=O)CN(c2ccc(C)cc2)S(=O)(=O)c2ccc(OC)cc2)cc1Cl. The highest BCUT2D eigenvalue weighted by molar-refractivity contribution is 7.92. The number of rotatable bonds is 9. The van der Waals surface area contributed by atoms with Gasteiger partial charge >= 0.3 is 5.97 Å². The Morgan fingerprint density at radius 1 is 1.00 bits per heavy atom. The molecule has 3 aromatic carbocycles. The predicted octanol–water partition coefficient (Wildman–Crippen LogP) is 4.67. The van der Waals surface area contributed by atoms with Gasteiger partial charge in [-0.25, -0.2) is 13.2 Å². The van der Waals surface area contributed by atoms with Gasteiger partial charge in [-0.05, 0) is 68.4 Å². The Balaban J connectivity index is 1.87. The molecule has 184 valence electrons. The van der Waals surface area contributed by atoms with Gasteiger partial charge in [0.25, 0.3) is 10.0 Å². The minimum atomic E-state index is -4.08. The van der Waals surface area contributed by atoms with Gasteiger partial charge in [-0.3, -0.25) is 9.10 Å². The van der Waals surface area contributed by atoms with Crippen molar-refractivity contribution in [3.63, 3.8) is 0 Å². The molecule has 8 nitrogen and oxygen atoms in total. The Hall–Kier alpha value is -3.56. The van der Waals surface area contributed by atoms with Gasteiger partial charge in [0.15, 0.2) is 0 Å². The second-order valence-corrected chi connectivity index (χ2v) is 9.76. The van der Waals surface area contributed by atoms with Crippen LogP contribution in [0.15, 0.2) is 71.6 Å². The molecule has 0 unspecified atom stereocenters. The highest BCUT2D eigenvalue weighted by Crippen LogP contribution is 2.26. The molecule has 10 heteroatoms. The average molecular weight is 517 g/mol. The number of aryl methyl sites for hydroxylation is 1. The zero-order valence-electron chi connectivity index (χ0n) is 19.4. The molecule has 1 amide bonds. The van der Waals surface area contributed by atoms with E-state index in [0.717, 1.165) is 9.87 Å². The normalized spacial score (nSPS) is 11.0. The molecule has 0 saturated heterocycles. The minimum absolute atomic E-state index is 0.00788. The van der Waals surface area contributed by atoms with Crippen molar-refractivity contribution in [3.05, 3.63) is 82.9 Å². The number of nitrogens with one attached hydrogen (secondary N) is 1. The van der Waals surface area contributed by atoms with Crippen molar-refractivity contribution in [1.29, 1.82) is 0 Å². The van der Waals surface area contributed by atoms with Crippen LogP contribution in [-0.2, 0) is 19.6 Å². The van der Waals surface area contributed by atoms with Crippen molar-refractivity contribution in [2.45, 2.75) is 18.7 Å². The lowest BCUT2D eigenvalue weighted by molar-refractivity contribution is -0.114. The molecule has 35 heavy (non-hydrogen) atoms. The largest absolute Gasteiger partial charge is 0.497 e. The maximum atomic E-state index is 13.5. The number of hydrogen-bond acceptors (Lipinski definition) is 6. The Morgan fingerprint density at radius 2 is 1.66 bits per heavy atom. The van der Waals surface area contributed by atoms with Crippen molar-refractivity contribution in [2.24, 2.45) is 0 Å². The van der Waals surface area contributed by atoms with E-state index in [-0.39, 0.29) is 22.1 Å². The monoisotopic (exact) mass is 516 g/mol. The van der Waals surface area contributed by atoms with Crippen LogP contribution < -0.4 is 14.4 Å². The molecule has 3 aromatic rings. The number of carbonyl (C=O) groups excluding carboxylic acids is 2. The van der Waals surface area contributed by atoms with Crippen LogP contribution in [-0.4, -0.2) is 40.6 Å². The summed E-state index contributed by atoms with van der Waals surface area (Å²) in [6.45, 7) is 3.27. The Labute approximate surface area is 209 Å². The van der Waals surface area contributed by atoms with Gasteiger partial charge in [0.05, 0.1) is 34.9 Å². The van der Waals surface area contributed by atoms with E-state index in [2.05, 4.69) is 5.32 Å². The van der Waals surface area contributed by atoms with E-state index in [0.29, 0.717) is 17.1 Å². The third-order valence-electron chi connectivity index (χ3n) is 5.00. The number of methoxy groups -OCH3 is 1. The number of anilines is 2. The molecular formula is C25H25ClN2O6S. The molecule has 0 saturated carbocycles. The first-order chi connectivity index (χ1) is 16.6. The fourth-order valence-electron chi connectivity index (χ4n) is 3.20. The van der Waals surface area contributed by atoms with Crippen LogP contribution in [0.4, 0.5) is 11.4 Å². The molecule has 0 bridgehead atoms. The molecule has 1 N–H and O–H groups in total. The number of carbonyl (C=O) groups is 2. The predicted molar refractivity (Wildman–Crippen MR) is 135 cm³/mol. The highest BCUT2D eigenvalue weighted by atomic mass is 35.5. The first-order valence-electron chi connectivity index (χ1n) is 10.7. The van der Waals surface area contributed by atoms with Crippen LogP contribution in [0.2, 0.25) is 5.02 Å². The summed E-state index contributed by atoms with van der Waals surface area (Å²) in [5, 5.41) is 2.73. The quantitative estimate of drug-likeness (QED) is 0.415. The Bertz CT molecular complexity index is 1310. The lowest BCUT2D eigenvalue weighted by Gasteiger charge is -2.24. The van der Waals surface area contributed by atoms with E-state index in [1.54, 1.807) is 31.2 Å². The van der Waals surface area contributed by atoms with E-state index in [4.69, 9.17) is 21.1 Å². The zero-order valence-corrected chi connectivity index (χ0v) is 21.0. The summed E-state index contributed by atoms with van der Waals surface area (Å²) in [5.74, 6) is -0.666. The summed E-state index contributed by atoms with van der Waals surface area (Å²) in [5.41, 5.74) is 1.74. The number of amides is 1. The molecule has 0 spiro atoms. The average Bonchev–Trinajstić information content (AvgIpc) is 2.83. The van der Waals surface area contributed by atoms with Crippen LogP contribution in [0.3, 0.4) is 0 Å². The Morgan fingerprint density at radius 3 is 2.23 bits per heavy atom. The van der Waals surface area contributed by atoms with E-state index in [9.17, 15) is 18.0 Å². The van der Waals surface area contributed by atoms with Crippen molar-refractivity contribution in [3.8, 4) is 5.75 Å². The number of halogens is 1. The molecule has 0 aliphatic heterocycles. The van der Waals surface area contributed by atoms with Gasteiger partial charge in [-0.1, -0.05) is 29.3 Å². The van der Waals surface area contributed by atoms with Crippen LogP contribution >= 0.6 is 11.6 Å². The molecular weight excluding hydrogens is 492 g/mol. The van der Waals surface area contributed by atoms with E-state index < -0.39 is 28.4 Å². The van der Waals surface area contributed by atoms with E-state index in [1.807, 2.05) is 6.92 Å². The van der Waals surface area contributed by atoms with Gasteiger partial charge in [0, 0.05) is 5.69 Å². The fraction of sp³-hybridized carbons (Fsp3) is 0.200. The number of nitrogens with zero attached hydrogens (tertiary/aromatic N) is 1. The molecule has 0 atom stereocenters. The highest BCUT2D eigenvalue weighted by Gasteiger charge is 2.27. The Kier molecular flexibility index (Phi) is 8.37. The van der Waals surface area contributed by atoms with Gasteiger partial charge in [0.2, 0.25) is 5.91 Å². The summed E-state index contributed by atoms with van der Waals surface area (Å²) in [7, 11) is -2.60. The lowest BCUT2D eigenvalue weighted by Crippen LogP contribution is -2.38. The molecule has 0 aliphatic rings. The smallest absolute Gasteiger partial charge is 0.339 e. The summed E-state index contributed by atoms with van der Waals surface area (Å²) in [6.07, 6.45) is 0. The van der Waals surface area contributed by atoms with Crippen LogP contribution in [0.25, 0.3) is 0 Å². The van der Waals surface area contributed by atoms with Crippen molar-refractivity contribution < 1.29 is 27.5 Å². The minimum Gasteiger partial charge on any atom is -0.497 e. The van der Waals surface area contributed by atoms with Crippen LogP contribution in [0, 0.1) is 6.92 Å². The third kappa shape index (κ3) is 6.32. The first-order valence-corrected chi connectivity index (χ1v) is 12.5. The second kappa shape index (κ2) is 11.2. The standard InChI is InChI=1S/C25H25ClN2O6S/c1-4-34-25(30)22-14-7-18(15-23(22)26)27-24(29)16-28(19-8-5-17(2)6-9-19)35(31,32)21-12-10-20(33-3)11-13-21/h5-15H,4,16H2,1-3H3,(H,27,29). The van der Waals surface area contributed by atoms with E-state index >= 15 is 0 Å². The van der Waals surface area contributed by atoms with Crippen LogP contribution in [0.1, 0.15) is 22.8 Å². The summed E-state index contributed by atoms with van der Waals surface area (Å²) < 4.78 is 38.0. The second-order valence-electron chi connectivity index (χ2n) is 7.49. The molecule has 0 fully saturated rings. The third-order valence-corrected chi connectivity index (χ3v) is 7.11. The van der Waals surface area contributed by atoms with Gasteiger partial charge < -0.3 is 14.8 Å². The van der Waals surface area contributed by atoms with E-state index in [1.165, 1.54) is 49.6 Å². The van der Waals surface area contributed by atoms with Crippen LogP contribution in [0.5, 0.6) is 5.75 Å². The van der Waals surface area contributed by atoms with Gasteiger partial charge in [-0.15, -0.1) is 0 Å². The zero-order chi connectivity index (χ0) is 25.6. The molecule has 0 aromatic heterocycles. The number of sulfonamides is 1. The summed E-state index contributed by atoms with van der Waals surface area (Å²) in [4.78, 5) is 24.8. The van der Waals surface area contributed by atoms with Crippen molar-refractivity contribution in [2.75, 3.05) is 29.9 Å². The molecule has 0 aliphatic carbocycles. The lowest BCUT2D eigenvalue weighted by atomic mass is 10.2. The van der Waals surface area contributed by atoms with Crippen molar-refractivity contribution >= 4 is 44.9 Å². The summed E-state index contributed by atoms with van der Waals surface area (Å²) in [6, 6.07) is 17.0. The number of esters is 1. The molecule has 0 heterocycles. The maximum Gasteiger partial charge on any atom is 0.339 e. The topological polar surface area (TPSA) is 102 Å². The fourth-order valence-corrected chi connectivity index (χ4v) is 4.88. The maximum absolute atomic E-state index is 13.5. The molecule has 0 radical (unpaired) electrons. The van der Waals surface area contributed by atoms with Crippen molar-refractivity contribution in [1.82, 2.24) is 0 Å². The number of benzene rings is 3.